The number of thiophene rings is 1. The number of carboxylic acids is 1. The molecule has 3 nitrogen and oxygen atoms in total. The van der Waals surface area contributed by atoms with Gasteiger partial charge in [-0.15, -0.1) is 11.3 Å². The molecule has 2 rings (SSSR count). The molecule has 0 atom stereocenters. The molecule has 1 aromatic carbocycles. The van der Waals surface area contributed by atoms with Gasteiger partial charge in [-0.05, 0) is 35.4 Å². The van der Waals surface area contributed by atoms with Gasteiger partial charge in [0.2, 0.25) is 0 Å². The van der Waals surface area contributed by atoms with E-state index in [0.29, 0.717) is 4.70 Å². The van der Waals surface area contributed by atoms with E-state index in [1.54, 1.807) is 6.07 Å². The van der Waals surface area contributed by atoms with Gasteiger partial charge in [0.25, 0.3) is 0 Å². The Morgan fingerprint density at radius 2 is 2.14 bits per heavy atom. The van der Waals surface area contributed by atoms with Crippen molar-refractivity contribution in [3.8, 4) is 5.75 Å². The molecule has 2 N–H and O–H groups in total. The number of hydrogen-bond donors (Lipinski definition) is 2. The fourth-order valence-electron chi connectivity index (χ4n) is 1.42. The molecule has 1 heterocycles. The Morgan fingerprint density at radius 1 is 1.43 bits per heavy atom. The molecule has 14 heavy (non-hydrogen) atoms. The molecule has 0 fully saturated rings. The molecule has 0 bridgehead atoms. The summed E-state index contributed by atoms with van der Waals surface area (Å²) in [5.74, 6) is -1.26. The number of carboxylic acid groups (broad SMARTS) is 1. The van der Waals surface area contributed by atoms with Crippen LogP contribution >= 0.6 is 11.3 Å². The van der Waals surface area contributed by atoms with Crippen molar-refractivity contribution in [1.82, 2.24) is 0 Å². The average Bonchev–Trinajstić information content (AvgIpc) is 2.47. The van der Waals surface area contributed by atoms with Crippen LogP contribution in [0.4, 0.5) is 0 Å². The molecule has 0 aliphatic rings. The van der Waals surface area contributed by atoms with E-state index >= 15 is 0 Å². The van der Waals surface area contributed by atoms with Crippen molar-refractivity contribution in [3.05, 3.63) is 28.6 Å². The van der Waals surface area contributed by atoms with Gasteiger partial charge in [-0.25, -0.2) is 4.79 Å². The maximum atomic E-state index is 10.9. The molecule has 1 aromatic heterocycles. The number of rotatable bonds is 1. The van der Waals surface area contributed by atoms with Gasteiger partial charge in [-0.3, -0.25) is 0 Å². The van der Waals surface area contributed by atoms with Gasteiger partial charge in [0.1, 0.15) is 11.3 Å². The van der Waals surface area contributed by atoms with Crippen LogP contribution in [0.2, 0.25) is 0 Å². The van der Waals surface area contributed by atoms with E-state index in [2.05, 4.69) is 0 Å². The van der Waals surface area contributed by atoms with Gasteiger partial charge in [0.05, 0.1) is 4.70 Å². The molecule has 2 aromatic rings. The summed E-state index contributed by atoms with van der Waals surface area (Å²) in [6.45, 7) is 1.92. The first kappa shape index (κ1) is 9.02. The topological polar surface area (TPSA) is 57.5 Å². The Bertz CT molecular complexity index is 513. The summed E-state index contributed by atoms with van der Waals surface area (Å²) in [5.41, 5.74) is 1.04. The molecule has 72 valence electrons. The van der Waals surface area contributed by atoms with Crippen molar-refractivity contribution in [2.45, 2.75) is 6.92 Å². The molecular formula is C10H8O3S. The molecule has 0 spiro atoms. The van der Waals surface area contributed by atoms with Crippen LogP contribution in [0.25, 0.3) is 10.1 Å². The lowest BCUT2D eigenvalue weighted by atomic mass is 10.1. The van der Waals surface area contributed by atoms with Crippen molar-refractivity contribution in [2.24, 2.45) is 0 Å². The second kappa shape index (κ2) is 2.99. The number of hydrogen-bond acceptors (Lipinski definition) is 3. The summed E-state index contributed by atoms with van der Waals surface area (Å²) in [6, 6.07) is 3.16. The molecule has 4 heteroatoms. The average molecular weight is 208 g/mol. The highest BCUT2D eigenvalue weighted by atomic mass is 32.1. The second-order valence-electron chi connectivity index (χ2n) is 3.06. The lowest BCUT2D eigenvalue weighted by Gasteiger charge is -2.00. The maximum absolute atomic E-state index is 10.9. The second-order valence-corrected chi connectivity index (χ2v) is 3.94. The summed E-state index contributed by atoms with van der Waals surface area (Å²) < 4.78 is 0.634. The molecule has 0 saturated heterocycles. The normalized spacial score (nSPS) is 10.6. The van der Waals surface area contributed by atoms with Crippen molar-refractivity contribution in [2.75, 3.05) is 0 Å². The number of fused-ring (bicyclic) bond motifs is 1. The number of aromatic carboxylic acids is 1. The molecule has 0 radical (unpaired) electrons. The third-order valence-corrected chi connectivity index (χ3v) is 3.26. The Kier molecular flexibility index (Phi) is 1.93. The smallest absolute Gasteiger partial charge is 0.340 e. The number of phenols is 1. The lowest BCUT2D eigenvalue weighted by molar-refractivity contribution is 0.0696. The largest absolute Gasteiger partial charge is 0.507 e. The molecule has 0 aliphatic carbocycles. The minimum atomic E-state index is -1.09. The van der Waals surface area contributed by atoms with E-state index in [4.69, 9.17) is 5.11 Å². The number of aromatic hydroxyl groups is 1. The minimum Gasteiger partial charge on any atom is -0.507 e. The third-order valence-electron chi connectivity index (χ3n) is 2.13. The number of carbonyl (C=O) groups is 1. The van der Waals surface area contributed by atoms with Gasteiger partial charge in [0, 0.05) is 0 Å². The summed E-state index contributed by atoms with van der Waals surface area (Å²) in [5, 5.41) is 21.1. The van der Waals surface area contributed by atoms with Crippen molar-refractivity contribution < 1.29 is 15.0 Å². The Labute approximate surface area is 84.2 Å². The predicted molar refractivity (Wildman–Crippen MR) is 55.2 cm³/mol. The first-order chi connectivity index (χ1) is 6.61. The van der Waals surface area contributed by atoms with Gasteiger partial charge in [-0.2, -0.15) is 0 Å². The number of aryl methyl sites for hydroxylation is 1. The summed E-state index contributed by atoms with van der Waals surface area (Å²) >= 11 is 1.34. The van der Waals surface area contributed by atoms with E-state index in [1.807, 2.05) is 12.3 Å². The summed E-state index contributed by atoms with van der Waals surface area (Å²) in [4.78, 5) is 10.9. The molecule has 0 amide bonds. The monoisotopic (exact) mass is 208 g/mol. The zero-order valence-corrected chi connectivity index (χ0v) is 8.26. The van der Waals surface area contributed by atoms with E-state index in [9.17, 15) is 9.90 Å². The quantitative estimate of drug-likeness (QED) is 0.757. The highest BCUT2D eigenvalue weighted by Crippen LogP contribution is 2.33. The van der Waals surface area contributed by atoms with Crippen LogP contribution in [-0.2, 0) is 0 Å². The molecule has 0 unspecified atom stereocenters. The first-order valence-corrected chi connectivity index (χ1v) is 4.92. The Balaban J connectivity index is 2.90. The van der Waals surface area contributed by atoms with E-state index in [-0.39, 0.29) is 11.3 Å². The maximum Gasteiger partial charge on any atom is 0.340 e. The fourth-order valence-corrected chi connectivity index (χ4v) is 2.51. The van der Waals surface area contributed by atoms with Crippen LogP contribution in [0.3, 0.4) is 0 Å². The van der Waals surface area contributed by atoms with E-state index in [1.165, 1.54) is 17.4 Å². The molecule has 0 saturated carbocycles. The van der Waals surface area contributed by atoms with Gasteiger partial charge in [0.15, 0.2) is 0 Å². The predicted octanol–water partition coefficient (Wildman–Crippen LogP) is 2.61. The van der Waals surface area contributed by atoms with Gasteiger partial charge >= 0.3 is 5.97 Å². The zero-order chi connectivity index (χ0) is 10.3. The van der Waals surface area contributed by atoms with Crippen LogP contribution in [0.1, 0.15) is 15.9 Å². The summed E-state index contributed by atoms with van der Waals surface area (Å²) in [7, 11) is 0. The highest BCUT2D eigenvalue weighted by Gasteiger charge is 2.15. The fraction of sp³-hybridized carbons (Fsp3) is 0.100. The Morgan fingerprint density at radius 3 is 2.79 bits per heavy atom. The number of benzene rings is 1. The van der Waals surface area contributed by atoms with Crippen LogP contribution in [0.5, 0.6) is 5.75 Å². The standard InChI is InChI=1S/C10H8O3S/c1-5-4-14-9-6(5)2-3-7(11)8(9)10(12)13/h2-4,11H,1H3,(H,12,13). The van der Waals surface area contributed by atoms with Crippen molar-refractivity contribution in [1.29, 1.82) is 0 Å². The van der Waals surface area contributed by atoms with Crippen LogP contribution in [-0.4, -0.2) is 16.2 Å². The van der Waals surface area contributed by atoms with E-state index in [0.717, 1.165) is 10.9 Å². The lowest BCUT2D eigenvalue weighted by Crippen LogP contribution is -1.96. The molecule has 0 aliphatic heterocycles. The van der Waals surface area contributed by atoms with Gasteiger partial charge in [-0.1, -0.05) is 0 Å². The molecular weight excluding hydrogens is 200 g/mol. The van der Waals surface area contributed by atoms with E-state index < -0.39 is 5.97 Å². The minimum absolute atomic E-state index is 0.000556. The Hall–Kier alpha value is -1.55. The van der Waals surface area contributed by atoms with Crippen molar-refractivity contribution in [3.63, 3.8) is 0 Å². The zero-order valence-electron chi connectivity index (χ0n) is 7.44. The van der Waals surface area contributed by atoms with Crippen molar-refractivity contribution >= 4 is 27.4 Å². The van der Waals surface area contributed by atoms with Gasteiger partial charge < -0.3 is 10.2 Å². The summed E-state index contributed by atoms with van der Waals surface area (Å²) in [6.07, 6.45) is 0. The van der Waals surface area contributed by atoms with Crippen LogP contribution in [0.15, 0.2) is 17.5 Å². The van der Waals surface area contributed by atoms with Crippen LogP contribution < -0.4 is 0 Å². The highest BCUT2D eigenvalue weighted by molar-refractivity contribution is 7.17. The SMILES string of the molecule is Cc1csc2c(C(=O)O)c(O)ccc12. The van der Waals surface area contributed by atoms with Crippen LogP contribution in [0, 0.1) is 6.92 Å². The third kappa shape index (κ3) is 1.15. The first-order valence-electron chi connectivity index (χ1n) is 4.04.